The van der Waals surface area contributed by atoms with E-state index in [0.717, 1.165) is 32.1 Å². The van der Waals surface area contributed by atoms with E-state index in [1.165, 1.54) is 0 Å². The minimum absolute atomic E-state index is 0.0832. The number of unbranched alkanes of at least 4 members (excludes halogenated alkanes) is 1. The van der Waals surface area contributed by atoms with Crippen LogP contribution in [-0.4, -0.2) is 23.4 Å². The van der Waals surface area contributed by atoms with E-state index in [4.69, 9.17) is 4.74 Å². The molecule has 76 valence electrons. The van der Waals surface area contributed by atoms with E-state index in [0.29, 0.717) is 6.10 Å². The van der Waals surface area contributed by atoms with Gasteiger partial charge in [0.05, 0.1) is 18.3 Å². The number of allylic oxidation sites excluding steroid dienone is 1. The van der Waals surface area contributed by atoms with Crippen LogP contribution >= 0.6 is 0 Å². The van der Waals surface area contributed by atoms with E-state index in [2.05, 4.69) is 13.5 Å². The van der Waals surface area contributed by atoms with Gasteiger partial charge in [-0.2, -0.15) is 0 Å². The number of ether oxygens (including phenoxy) is 1. The highest BCUT2D eigenvalue weighted by Gasteiger charge is 2.27. The maximum Gasteiger partial charge on any atom is 0.0838 e. The molecule has 1 rings (SSSR count). The van der Waals surface area contributed by atoms with E-state index < -0.39 is 0 Å². The Kier molecular flexibility index (Phi) is 4.46. The average Bonchev–Trinajstić information content (AvgIpc) is 2.52. The first-order valence-electron chi connectivity index (χ1n) is 5.18. The number of rotatable bonds is 5. The summed E-state index contributed by atoms with van der Waals surface area (Å²) in [6.07, 6.45) is 6.97. The summed E-state index contributed by atoms with van der Waals surface area (Å²) in [7, 11) is 0. The largest absolute Gasteiger partial charge is 0.390 e. The third kappa shape index (κ3) is 3.49. The Morgan fingerprint density at radius 1 is 1.62 bits per heavy atom. The van der Waals surface area contributed by atoms with Crippen LogP contribution in [-0.2, 0) is 4.74 Å². The highest BCUT2D eigenvalue weighted by atomic mass is 16.5. The molecule has 0 spiro atoms. The highest BCUT2D eigenvalue weighted by Crippen LogP contribution is 2.23. The van der Waals surface area contributed by atoms with Crippen LogP contribution in [0.15, 0.2) is 12.7 Å². The van der Waals surface area contributed by atoms with Crippen molar-refractivity contribution in [3.8, 4) is 0 Å². The molecule has 0 aliphatic carbocycles. The minimum Gasteiger partial charge on any atom is -0.390 e. The van der Waals surface area contributed by atoms with E-state index in [1.54, 1.807) is 0 Å². The lowest BCUT2D eigenvalue weighted by atomic mass is 10.0. The zero-order valence-corrected chi connectivity index (χ0v) is 8.41. The third-order valence-electron chi connectivity index (χ3n) is 2.60. The molecular formula is C11H20O2. The molecule has 0 radical (unpaired) electrons. The molecule has 3 atom stereocenters. The standard InChI is InChI=1S/C11H20O2/c1-3-4-5-6-10(12)11-8-7-9(2)13-11/h3,9-12H,1,4-8H2,2H3. The van der Waals surface area contributed by atoms with Crippen molar-refractivity contribution in [1.82, 2.24) is 0 Å². The van der Waals surface area contributed by atoms with Gasteiger partial charge in [-0.15, -0.1) is 6.58 Å². The predicted octanol–water partition coefficient (Wildman–Crippen LogP) is 2.27. The molecule has 0 bridgehead atoms. The molecule has 0 aromatic rings. The van der Waals surface area contributed by atoms with Gasteiger partial charge in [0.2, 0.25) is 0 Å². The van der Waals surface area contributed by atoms with Gasteiger partial charge in [-0.05, 0) is 39.0 Å². The summed E-state index contributed by atoms with van der Waals surface area (Å²) in [6.45, 7) is 5.72. The summed E-state index contributed by atoms with van der Waals surface area (Å²) in [5.41, 5.74) is 0. The third-order valence-corrected chi connectivity index (χ3v) is 2.60. The fourth-order valence-corrected chi connectivity index (χ4v) is 1.77. The molecule has 1 N–H and O–H groups in total. The predicted molar refractivity (Wildman–Crippen MR) is 53.6 cm³/mol. The second-order valence-corrected chi connectivity index (χ2v) is 3.85. The molecule has 2 heteroatoms. The summed E-state index contributed by atoms with van der Waals surface area (Å²) >= 11 is 0. The first-order chi connectivity index (χ1) is 6.24. The van der Waals surface area contributed by atoms with Crippen molar-refractivity contribution in [1.29, 1.82) is 0 Å². The Morgan fingerprint density at radius 3 is 2.92 bits per heavy atom. The molecule has 0 aromatic carbocycles. The fourth-order valence-electron chi connectivity index (χ4n) is 1.77. The monoisotopic (exact) mass is 184 g/mol. The summed E-state index contributed by atoms with van der Waals surface area (Å²) in [4.78, 5) is 0. The van der Waals surface area contributed by atoms with Crippen LogP contribution in [0.25, 0.3) is 0 Å². The molecule has 1 heterocycles. The van der Waals surface area contributed by atoms with E-state index >= 15 is 0 Å². The molecule has 13 heavy (non-hydrogen) atoms. The fraction of sp³-hybridized carbons (Fsp3) is 0.818. The second-order valence-electron chi connectivity index (χ2n) is 3.85. The molecule has 1 saturated heterocycles. The minimum atomic E-state index is -0.273. The quantitative estimate of drug-likeness (QED) is 0.524. The lowest BCUT2D eigenvalue weighted by Gasteiger charge is -2.17. The first-order valence-corrected chi connectivity index (χ1v) is 5.18. The molecule has 0 saturated carbocycles. The Balaban J connectivity index is 2.15. The van der Waals surface area contributed by atoms with Crippen LogP contribution in [0.1, 0.15) is 39.0 Å². The van der Waals surface area contributed by atoms with Crippen molar-refractivity contribution in [3.63, 3.8) is 0 Å². The molecule has 0 aromatic heterocycles. The smallest absolute Gasteiger partial charge is 0.0838 e. The lowest BCUT2D eigenvalue weighted by Crippen LogP contribution is -2.25. The molecule has 1 fully saturated rings. The molecule has 3 unspecified atom stereocenters. The van der Waals surface area contributed by atoms with Crippen LogP contribution in [0.2, 0.25) is 0 Å². The Bertz CT molecular complexity index is 156. The van der Waals surface area contributed by atoms with Gasteiger partial charge in [0.15, 0.2) is 0 Å². The summed E-state index contributed by atoms with van der Waals surface area (Å²) < 4.78 is 5.58. The molecule has 1 aliphatic heterocycles. The van der Waals surface area contributed by atoms with Crippen molar-refractivity contribution in [3.05, 3.63) is 12.7 Å². The van der Waals surface area contributed by atoms with Crippen LogP contribution in [0.5, 0.6) is 0 Å². The topological polar surface area (TPSA) is 29.5 Å². The van der Waals surface area contributed by atoms with Crippen molar-refractivity contribution >= 4 is 0 Å². The van der Waals surface area contributed by atoms with Crippen LogP contribution < -0.4 is 0 Å². The summed E-state index contributed by atoms with van der Waals surface area (Å²) in [5, 5.41) is 9.73. The van der Waals surface area contributed by atoms with Gasteiger partial charge in [-0.3, -0.25) is 0 Å². The Hall–Kier alpha value is -0.340. The van der Waals surface area contributed by atoms with Gasteiger partial charge >= 0.3 is 0 Å². The van der Waals surface area contributed by atoms with Crippen LogP contribution in [0.4, 0.5) is 0 Å². The summed E-state index contributed by atoms with van der Waals surface area (Å²) in [5.74, 6) is 0. The molecule has 1 aliphatic rings. The number of aliphatic hydroxyl groups is 1. The zero-order valence-electron chi connectivity index (χ0n) is 8.41. The SMILES string of the molecule is C=CCCCC(O)C1CCC(C)O1. The Labute approximate surface area is 80.6 Å². The lowest BCUT2D eigenvalue weighted by molar-refractivity contribution is -0.0319. The molecular weight excluding hydrogens is 164 g/mol. The van der Waals surface area contributed by atoms with E-state index in [1.807, 2.05) is 6.08 Å². The van der Waals surface area contributed by atoms with Crippen LogP contribution in [0.3, 0.4) is 0 Å². The highest BCUT2D eigenvalue weighted by molar-refractivity contribution is 4.78. The second kappa shape index (κ2) is 5.40. The van der Waals surface area contributed by atoms with Gasteiger partial charge in [0.25, 0.3) is 0 Å². The van der Waals surface area contributed by atoms with Gasteiger partial charge in [0, 0.05) is 0 Å². The van der Waals surface area contributed by atoms with Gasteiger partial charge in [0.1, 0.15) is 0 Å². The summed E-state index contributed by atoms with van der Waals surface area (Å²) in [6, 6.07) is 0. The number of aliphatic hydroxyl groups excluding tert-OH is 1. The maximum atomic E-state index is 9.73. The van der Waals surface area contributed by atoms with Gasteiger partial charge < -0.3 is 9.84 Å². The van der Waals surface area contributed by atoms with Crippen LogP contribution in [0, 0.1) is 0 Å². The maximum absolute atomic E-state index is 9.73. The average molecular weight is 184 g/mol. The Morgan fingerprint density at radius 2 is 2.38 bits per heavy atom. The normalized spacial score (nSPS) is 30.3. The first kappa shape index (κ1) is 10.7. The van der Waals surface area contributed by atoms with Crippen molar-refractivity contribution < 1.29 is 9.84 Å². The van der Waals surface area contributed by atoms with E-state index in [-0.39, 0.29) is 12.2 Å². The van der Waals surface area contributed by atoms with Crippen molar-refractivity contribution in [2.45, 2.75) is 57.3 Å². The number of hydrogen-bond acceptors (Lipinski definition) is 2. The van der Waals surface area contributed by atoms with E-state index in [9.17, 15) is 5.11 Å². The van der Waals surface area contributed by atoms with Gasteiger partial charge in [-0.25, -0.2) is 0 Å². The number of hydrogen-bond donors (Lipinski definition) is 1. The van der Waals surface area contributed by atoms with Crippen molar-refractivity contribution in [2.75, 3.05) is 0 Å². The molecule has 2 nitrogen and oxygen atoms in total. The van der Waals surface area contributed by atoms with Crippen molar-refractivity contribution in [2.24, 2.45) is 0 Å². The molecule has 0 amide bonds. The zero-order chi connectivity index (χ0) is 9.68. The van der Waals surface area contributed by atoms with Gasteiger partial charge in [-0.1, -0.05) is 6.08 Å².